The summed E-state index contributed by atoms with van der Waals surface area (Å²) in [6.07, 6.45) is 0.836. The predicted molar refractivity (Wildman–Crippen MR) is 144 cm³/mol. The summed E-state index contributed by atoms with van der Waals surface area (Å²) in [5, 5.41) is 20.1. The van der Waals surface area contributed by atoms with E-state index >= 15 is 0 Å². The zero-order valence-electron chi connectivity index (χ0n) is 21.8. The fourth-order valence-corrected chi connectivity index (χ4v) is 4.97. The Balaban J connectivity index is 1.44. The van der Waals surface area contributed by atoms with Crippen LogP contribution < -0.4 is 14.2 Å². The zero-order valence-corrected chi connectivity index (χ0v) is 21.8. The number of carbonyl (C=O) groups excluding carboxylic acids is 1. The first-order chi connectivity index (χ1) is 18.4. The minimum atomic E-state index is -0.505. The van der Waals surface area contributed by atoms with Crippen molar-refractivity contribution in [2.24, 2.45) is 10.2 Å². The van der Waals surface area contributed by atoms with Crippen molar-refractivity contribution in [3.63, 3.8) is 0 Å². The van der Waals surface area contributed by atoms with Crippen LogP contribution in [-0.4, -0.2) is 48.4 Å². The molecule has 38 heavy (non-hydrogen) atoms. The molecule has 4 aromatic rings. The number of hydrogen-bond acceptors (Lipinski definition) is 7. The Labute approximate surface area is 220 Å². The van der Waals surface area contributed by atoms with E-state index in [0.29, 0.717) is 29.1 Å². The summed E-state index contributed by atoms with van der Waals surface area (Å²) in [6, 6.07) is 18.4. The van der Waals surface area contributed by atoms with Crippen LogP contribution in [0.25, 0.3) is 10.9 Å². The second-order valence-corrected chi connectivity index (χ2v) is 9.14. The molecule has 0 bridgehead atoms. The molecule has 0 saturated carbocycles. The third kappa shape index (κ3) is 4.56. The van der Waals surface area contributed by atoms with Gasteiger partial charge in [0.05, 0.1) is 33.5 Å². The molecule has 0 spiro atoms. The van der Waals surface area contributed by atoms with Gasteiger partial charge in [-0.2, -0.15) is 0 Å². The van der Waals surface area contributed by atoms with Crippen molar-refractivity contribution in [2.75, 3.05) is 27.9 Å². The molecule has 3 aromatic carbocycles. The third-order valence-corrected chi connectivity index (χ3v) is 7.13. The largest absolute Gasteiger partial charge is 0.497 e. The van der Waals surface area contributed by atoms with E-state index in [9.17, 15) is 9.90 Å². The van der Waals surface area contributed by atoms with Crippen LogP contribution in [0.1, 0.15) is 34.5 Å². The standard InChI is InChI=1S/C29H30N4O5/c1-18-23-16-26(38-4)25(37-3)15-20(23)13-14-32(18)17-33-24-8-6-5-7-22(24)27(29(33)35)30-31-28(34)19-9-11-21(36-2)12-10-19/h5-12,15-16,18,35H,13-14,17H2,1-4H3. The molecule has 2 heterocycles. The lowest BCUT2D eigenvalue weighted by atomic mass is 9.93. The summed E-state index contributed by atoms with van der Waals surface area (Å²) in [4.78, 5) is 14.9. The molecule has 1 unspecified atom stereocenters. The first kappa shape index (κ1) is 25.3. The van der Waals surface area contributed by atoms with Crippen LogP contribution in [0.5, 0.6) is 23.1 Å². The Hall–Kier alpha value is -4.37. The Morgan fingerprint density at radius 1 is 1.00 bits per heavy atom. The van der Waals surface area contributed by atoms with E-state index in [0.717, 1.165) is 29.8 Å². The lowest BCUT2D eigenvalue weighted by Crippen LogP contribution is -2.35. The van der Waals surface area contributed by atoms with Crippen LogP contribution in [0.4, 0.5) is 5.69 Å². The van der Waals surface area contributed by atoms with Gasteiger partial charge < -0.3 is 19.3 Å². The number of methoxy groups -OCH3 is 3. The van der Waals surface area contributed by atoms with Crippen LogP contribution in [0.3, 0.4) is 0 Å². The number of fused-ring (bicyclic) bond motifs is 2. The molecule has 5 rings (SSSR count). The highest BCUT2D eigenvalue weighted by atomic mass is 16.5. The minimum Gasteiger partial charge on any atom is -0.497 e. The van der Waals surface area contributed by atoms with E-state index in [1.807, 2.05) is 41.0 Å². The van der Waals surface area contributed by atoms with Crippen molar-refractivity contribution < 1.29 is 24.1 Å². The van der Waals surface area contributed by atoms with Gasteiger partial charge in [-0.3, -0.25) is 14.3 Å². The van der Waals surface area contributed by atoms with Crippen molar-refractivity contribution in [2.45, 2.75) is 26.1 Å². The highest BCUT2D eigenvalue weighted by Crippen LogP contribution is 2.42. The summed E-state index contributed by atoms with van der Waals surface area (Å²) in [5.74, 6) is 1.52. The summed E-state index contributed by atoms with van der Waals surface area (Å²) in [6.45, 7) is 3.37. The quantitative estimate of drug-likeness (QED) is 0.310. The van der Waals surface area contributed by atoms with Gasteiger partial charge in [0.15, 0.2) is 17.2 Å². The highest BCUT2D eigenvalue weighted by molar-refractivity contribution is 5.97. The van der Waals surface area contributed by atoms with Gasteiger partial charge in [0.2, 0.25) is 5.88 Å². The molecule has 196 valence electrons. The molecule has 0 radical (unpaired) electrons. The molecule has 1 N–H and O–H groups in total. The predicted octanol–water partition coefficient (Wildman–Crippen LogP) is 5.87. The molecule has 9 heteroatoms. The van der Waals surface area contributed by atoms with Gasteiger partial charge in [-0.25, -0.2) is 0 Å². The van der Waals surface area contributed by atoms with Crippen molar-refractivity contribution in [3.05, 3.63) is 77.4 Å². The lowest BCUT2D eigenvalue weighted by Gasteiger charge is -2.36. The summed E-state index contributed by atoms with van der Waals surface area (Å²) >= 11 is 0. The normalized spacial score (nSPS) is 15.5. The van der Waals surface area contributed by atoms with Crippen LogP contribution in [0, 0.1) is 0 Å². The van der Waals surface area contributed by atoms with E-state index < -0.39 is 5.91 Å². The SMILES string of the molecule is COc1ccc(C(=O)N=Nc2c(O)n(CN3CCc4cc(OC)c(OC)cc4C3C)c3ccccc23)cc1. The number of rotatable bonds is 7. The van der Waals surface area contributed by atoms with Crippen LogP contribution in [-0.2, 0) is 13.1 Å². The molecule has 0 fully saturated rings. The molecule has 1 atom stereocenters. The maximum absolute atomic E-state index is 12.6. The Morgan fingerprint density at radius 2 is 1.71 bits per heavy atom. The summed E-state index contributed by atoms with van der Waals surface area (Å²) in [5.41, 5.74) is 3.83. The Kier molecular flexibility index (Phi) is 7.02. The second kappa shape index (κ2) is 10.5. The number of ether oxygens (including phenoxy) is 3. The fraction of sp³-hybridized carbons (Fsp3) is 0.276. The molecule has 9 nitrogen and oxygen atoms in total. The van der Waals surface area contributed by atoms with Gasteiger partial charge in [0, 0.05) is 23.5 Å². The Morgan fingerprint density at radius 3 is 2.42 bits per heavy atom. The molecule has 0 saturated heterocycles. The maximum Gasteiger partial charge on any atom is 0.295 e. The van der Waals surface area contributed by atoms with Gasteiger partial charge >= 0.3 is 0 Å². The summed E-state index contributed by atoms with van der Waals surface area (Å²) < 4.78 is 18.0. The molecule has 0 aliphatic carbocycles. The fourth-order valence-electron chi connectivity index (χ4n) is 4.97. The van der Waals surface area contributed by atoms with Crippen LogP contribution in [0.2, 0.25) is 0 Å². The van der Waals surface area contributed by atoms with Gasteiger partial charge in [-0.15, -0.1) is 10.2 Å². The number of para-hydroxylation sites is 1. The van der Waals surface area contributed by atoms with Crippen molar-refractivity contribution >= 4 is 22.5 Å². The number of benzene rings is 3. The van der Waals surface area contributed by atoms with Gasteiger partial charge in [-0.1, -0.05) is 18.2 Å². The monoisotopic (exact) mass is 514 g/mol. The Bertz CT molecular complexity index is 1510. The van der Waals surface area contributed by atoms with Crippen LogP contribution >= 0.6 is 0 Å². The van der Waals surface area contributed by atoms with Crippen molar-refractivity contribution in [1.29, 1.82) is 0 Å². The number of carbonyl (C=O) groups is 1. The van der Waals surface area contributed by atoms with Crippen molar-refractivity contribution in [1.82, 2.24) is 9.47 Å². The molecular formula is C29H30N4O5. The maximum atomic E-state index is 12.6. The number of aromatic nitrogens is 1. The zero-order chi connectivity index (χ0) is 26.8. The molecular weight excluding hydrogens is 484 g/mol. The minimum absolute atomic E-state index is 0.0391. The second-order valence-electron chi connectivity index (χ2n) is 9.14. The lowest BCUT2D eigenvalue weighted by molar-refractivity contribution is 0.0995. The smallest absolute Gasteiger partial charge is 0.295 e. The number of aromatic hydroxyl groups is 1. The molecule has 1 aliphatic heterocycles. The van der Waals surface area contributed by atoms with Crippen molar-refractivity contribution in [3.8, 4) is 23.1 Å². The molecule has 1 amide bonds. The first-order valence-electron chi connectivity index (χ1n) is 12.3. The molecule has 1 aliphatic rings. The highest BCUT2D eigenvalue weighted by Gasteiger charge is 2.28. The third-order valence-electron chi connectivity index (χ3n) is 7.13. The topological polar surface area (TPSA) is 97.9 Å². The first-order valence-corrected chi connectivity index (χ1v) is 12.3. The van der Waals surface area contributed by atoms with E-state index in [2.05, 4.69) is 22.1 Å². The van der Waals surface area contributed by atoms with E-state index in [-0.39, 0.29) is 17.6 Å². The average molecular weight is 515 g/mol. The number of hydrogen-bond donors (Lipinski definition) is 1. The van der Waals surface area contributed by atoms with Crippen LogP contribution in [0.15, 0.2) is 70.9 Å². The van der Waals surface area contributed by atoms with Gasteiger partial charge in [0.1, 0.15) is 5.75 Å². The van der Waals surface area contributed by atoms with E-state index in [4.69, 9.17) is 14.2 Å². The molecule has 1 aromatic heterocycles. The van der Waals surface area contributed by atoms with E-state index in [1.54, 1.807) is 45.6 Å². The van der Waals surface area contributed by atoms with Gasteiger partial charge in [0.25, 0.3) is 5.91 Å². The van der Waals surface area contributed by atoms with E-state index in [1.165, 1.54) is 5.56 Å². The average Bonchev–Trinajstić information content (AvgIpc) is 3.22. The number of nitrogens with zero attached hydrogens (tertiary/aromatic N) is 4. The number of azo groups is 1. The van der Waals surface area contributed by atoms with Gasteiger partial charge in [-0.05, 0) is 66.9 Å². The number of amides is 1. The summed E-state index contributed by atoms with van der Waals surface area (Å²) in [7, 11) is 4.84.